The second-order valence-electron chi connectivity index (χ2n) is 12.5. The summed E-state index contributed by atoms with van der Waals surface area (Å²) in [4.78, 5) is 8.30. The molecule has 0 aromatic heterocycles. The van der Waals surface area contributed by atoms with Crippen LogP contribution in [-0.4, -0.2) is 202 Å². The molecule has 0 fully saturated rings. The maximum Gasteiger partial charge on any atom is 0.144 e. The quantitative estimate of drug-likeness (QED) is 0.0448. The van der Waals surface area contributed by atoms with Gasteiger partial charge < -0.3 is 54.0 Å². The van der Waals surface area contributed by atoms with Gasteiger partial charge in [0.25, 0.3) is 0 Å². The van der Waals surface area contributed by atoms with E-state index in [0.29, 0.717) is 98.5 Å². The van der Waals surface area contributed by atoms with Crippen molar-refractivity contribution in [2.24, 2.45) is 0 Å². The van der Waals surface area contributed by atoms with E-state index >= 15 is 0 Å². The van der Waals surface area contributed by atoms with Crippen molar-refractivity contribution in [3.8, 4) is 0 Å². The van der Waals surface area contributed by atoms with E-state index in [4.69, 9.17) is 28.4 Å². The Kier molecular flexibility index (Phi) is 35.0. The first-order valence-corrected chi connectivity index (χ1v) is 18.9. The minimum atomic E-state index is -0.414. The van der Waals surface area contributed by atoms with Crippen molar-refractivity contribution in [1.82, 2.24) is 19.6 Å². The van der Waals surface area contributed by atoms with Gasteiger partial charge in [-0.05, 0) is 32.6 Å². The van der Waals surface area contributed by atoms with Crippen molar-refractivity contribution in [2.45, 2.75) is 97.6 Å². The zero-order valence-electron chi connectivity index (χ0n) is 32.2. The number of hydrogen-bond donors (Lipinski definition) is 5. The van der Waals surface area contributed by atoms with Gasteiger partial charge in [-0.15, -0.1) is 0 Å². The Labute approximate surface area is 303 Å². The highest BCUT2D eigenvalue weighted by molar-refractivity contribution is 4.74. The summed E-state index contributed by atoms with van der Waals surface area (Å²) in [6.07, 6.45) is 4.66. The molecule has 0 radical (unpaired) electrons. The zero-order valence-corrected chi connectivity index (χ0v) is 32.2. The van der Waals surface area contributed by atoms with E-state index in [1.54, 1.807) is 0 Å². The summed E-state index contributed by atoms with van der Waals surface area (Å²) < 4.78 is 34.3. The van der Waals surface area contributed by atoms with Crippen LogP contribution in [-0.2, 0) is 28.4 Å². The highest BCUT2D eigenvalue weighted by atomic mass is 16.6. The molecule has 0 aliphatic rings. The SMILES string of the molecule is CCCCOCC(CN(CO)CCN(CCN(CO)CCN(CC(CC)OCO)CC(CC)OCO)CC(COCCCC)OCO)OCC. The number of nitrogens with zero attached hydrogens (tertiary/aromatic N) is 4. The number of aliphatic hydroxyl groups excluding tert-OH is 5. The monoisotopic (exact) mass is 729 g/mol. The van der Waals surface area contributed by atoms with E-state index in [9.17, 15) is 25.5 Å². The van der Waals surface area contributed by atoms with Crippen LogP contribution in [0.25, 0.3) is 0 Å². The van der Waals surface area contributed by atoms with Crippen LogP contribution in [0.1, 0.15) is 73.1 Å². The molecule has 0 aliphatic heterocycles. The molecule has 0 saturated heterocycles. The molecule has 0 spiro atoms. The molecular weight excluding hydrogens is 652 g/mol. The van der Waals surface area contributed by atoms with Crippen LogP contribution in [0.15, 0.2) is 0 Å². The fraction of sp³-hybridized carbons (Fsp3) is 1.00. The van der Waals surface area contributed by atoms with Gasteiger partial charge >= 0.3 is 0 Å². The summed E-state index contributed by atoms with van der Waals surface area (Å²) in [7, 11) is 0. The lowest BCUT2D eigenvalue weighted by Gasteiger charge is -2.33. The molecule has 0 aromatic carbocycles. The molecule has 4 unspecified atom stereocenters. The first-order valence-electron chi connectivity index (χ1n) is 18.9. The minimum Gasteiger partial charge on any atom is -0.381 e. The second-order valence-corrected chi connectivity index (χ2v) is 12.5. The number of aliphatic hydroxyl groups is 5. The predicted molar refractivity (Wildman–Crippen MR) is 194 cm³/mol. The molecule has 15 nitrogen and oxygen atoms in total. The smallest absolute Gasteiger partial charge is 0.144 e. The van der Waals surface area contributed by atoms with Crippen LogP contribution in [0.4, 0.5) is 0 Å². The summed E-state index contributed by atoms with van der Waals surface area (Å²) in [5.74, 6) is 0. The Bertz CT molecular complexity index is 691. The van der Waals surface area contributed by atoms with E-state index in [1.807, 2.05) is 30.6 Å². The molecule has 0 amide bonds. The molecule has 15 heteroatoms. The van der Waals surface area contributed by atoms with Gasteiger partial charge in [-0.2, -0.15) is 0 Å². The molecule has 0 aliphatic carbocycles. The maximum atomic E-state index is 10.3. The Balaban J connectivity index is 5.65. The topological polar surface area (TPSA) is 169 Å². The highest BCUT2D eigenvalue weighted by Gasteiger charge is 2.22. The summed E-state index contributed by atoms with van der Waals surface area (Å²) in [6, 6.07) is 0. The molecule has 4 atom stereocenters. The third-order valence-electron chi connectivity index (χ3n) is 8.58. The fourth-order valence-electron chi connectivity index (χ4n) is 5.41. The van der Waals surface area contributed by atoms with Gasteiger partial charge in [0.15, 0.2) is 0 Å². The maximum absolute atomic E-state index is 10.3. The normalized spacial score (nSPS) is 14.8. The average molecular weight is 729 g/mol. The van der Waals surface area contributed by atoms with E-state index in [0.717, 1.165) is 38.5 Å². The van der Waals surface area contributed by atoms with Crippen LogP contribution >= 0.6 is 0 Å². The molecule has 0 rings (SSSR count). The number of unbranched alkanes of at least 4 members (excludes halogenated alkanes) is 2. The summed E-state index contributed by atoms with van der Waals surface area (Å²) in [5.41, 5.74) is 0. The van der Waals surface area contributed by atoms with Gasteiger partial charge in [0.05, 0.1) is 51.1 Å². The average Bonchev–Trinajstić information content (AvgIpc) is 3.12. The lowest BCUT2D eigenvalue weighted by atomic mass is 10.2. The largest absolute Gasteiger partial charge is 0.381 e. The zero-order chi connectivity index (χ0) is 37.2. The van der Waals surface area contributed by atoms with Crippen LogP contribution in [0.3, 0.4) is 0 Å². The van der Waals surface area contributed by atoms with Crippen molar-refractivity contribution < 1.29 is 54.0 Å². The fourth-order valence-corrected chi connectivity index (χ4v) is 5.41. The van der Waals surface area contributed by atoms with Crippen molar-refractivity contribution in [1.29, 1.82) is 0 Å². The summed E-state index contributed by atoms with van der Waals surface area (Å²) in [5, 5.41) is 48.9. The van der Waals surface area contributed by atoms with Gasteiger partial charge in [-0.25, -0.2) is 0 Å². The van der Waals surface area contributed by atoms with E-state index in [-0.39, 0.29) is 51.5 Å². The van der Waals surface area contributed by atoms with Gasteiger partial charge in [-0.1, -0.05) is 40.5 Å². The Morgan fingerprint density at radius 1 is 0.440 bits per heavy atom. The highest BCUT2D eigenvalue weighted by Crippen LogP contribution is 2.09. The summed E-state index contributed by atoms with van der Waals surface area (Å²) >= 11 is 0. The second kappa shape index (κ2) is 35.4. The Hall–Kier alpha value is -0.600. The Morgan fingerprint density at radius 2 is 0.820 bits per heavy atom. The number of rotatable bonds is 39. The molecule has 0 bridgehead atoms. The van der Waals surface area contributed by atoms with Gasteiger partial charge in [-0.3, -0.25) is 19.6 Å². The first-order chi connectivity index (χ1) is 24.4. The number of ether oxygens (including phenoxy) is 6. The van der Waals surface area contributed by atoms with E-state index < -0.39 is 6.79 Å². The van der Waals surface area contributed by atoms with Crippen molar-refractivity contribution in [3.05, 3.63) is 0 Å². The lowest BCUT2D eigenvalue weighted by Crippen LogP contribution is -2.47. The molecular formula is C35H76N4O11. The van der Waals surface area contributed by atoms with E-state index in [2.05, 4.69) is 23.6 Å². The number of hydrogen-bond acceptors (Lipinski definition) is 15. The standard InChI is InChI=1S/C35H76N4O11/c1-6-11-19-45-25-34(47-10-5)24-39(28-41)18-14-36(23-35(50-31-44)26-46-20-12-7-2)13-15-37(27-40)16-17-38(21-32(8-3)48-29-42)22-33(9-4)49-30-43/h32-35,40-44H,6-31H2,1-5H3. The van der Waals surface area contributed by atoms with Gasteiger partial charge in [0, 0.05) is 85.3 Å². The van der Waals surface area contributed by atoms with Crippen molar-refractivity contribution in [2.75, 3.05) is 132 Å². The van der Waals surface area contributed by atoms with Gasteiger partial charge in [0.1, 0.15) is 20.4 Å². The lowest BCUT2D eigenvalue weighted by molar-refractivity contribution is -0.0929. The third kappa shape index (κ3) is 26.2. The molecule has 0 heterocycles. The molecule has 0 aromatic rings. The molecule has 5 N–H and O–H groups in total. The van der Waals surface area contributed by atoms with Crippen molar-refractivity contribution >= 4 is 0 Å². The van der Waals surface area contributed by atoms with Gasteiger partial charge in [0.2, 0.25) is 0 Å². The third-order valence-corrected chi connectivity index (χ3v) is 8.58. The molecule has 302 valence electrons. The summed E-state index contributed by atoms with van der Waals surface area (Å²) in [6.45, 7) is 17.2. The minimum absolute atomic E-state index is 0.126. The van der Waals surface area contributed by atoms with Crippen LogP contribution < -0.4 is 0 Å². The van der Waals surface area contributed by atoms with Crippen LogP contribution in [0, 0.1) is 0 Å². The van der Waals surface area contributed by atoms with Crippen molar-refractivity contribution in [3.63, 3.8) is 0 Å². The Morgan fingerprint density at radius 3 is 1.24 bits per heavy atom. The van der Waals surface area contributed by atoms with Crippen LogP contribution in [0.5, 0.6) is 0 Å². The first kappa shape index (κ1) is 49.4. The molecule has 50 heavy (non-hydrogen) atoms. The molecule has 0 saturated carbocycles. The predicted octanol–water partition coefficient (Wildman–Crippen LogP) is 0.958. The van der Waals surface area contributed by atoms with Crippen LogP contribution in [0.2, 0.25) is 0 Å². The van der Waals surface area contributed by atoms with E-state index in [1.165, 1.54) is 0 Å².